The van der Waals surface area contributed by atoms with Gasteiger partial charge in [0, 0.05) is 18.2 Å². The number of aromatic nitrogens is 2. The van der Waals surface area contributed by atoms with Gasteiger partial charge in [0.2, 0.25) is 10.0 Å². The molecule has 0 fully saturated rings. The summed E-state index contributed by atoms with van der Waals surface area (Å²) in [5.41, 5.74) is 6.86. The summed E-state index contributed by atoms with van der Waals surface area (Å²) in [6.45, 7) is 0.0900. The molecule has 0 spiro atoms. The van der Waals surface area contributed by atoms with Crippen molar-refractivity contribution >= 4 is 55.2 Å². The number of carbonyl (C=O) groups is 1. The molecular formula is C15H16N6O4S3. The summed E-state index contributed by atoms with van der Waals surface area (Å²) < 4.78 is 27.4. The molecule has 0 unspecified atom stereocenters. The highest BCUT2D eigenvalue weighted by molar-refractivity contribution is 7.89. The van der Waals surface area contributed by atoms with Crippen LogP contribution in [0, 0.1) is 0 Å². The van der Waals surface area contributed by atoms with E-state index in [9.17, 15) is 13.2 Å². The highest BCUT2D eigenvalue weighted by Gasteiger charge is 2.17. The minimum atomic E-state index is -3.75. The second kappa shape index (κ2) is 8.20. The first-order valence-corrected chi connectivity index (χ1v) is 10.9. The first kappa shape index (κ1) is 20.2. The maximum absolute atomic E-state index is 11.9. The Bertz CT molecular complexity index is 1090. The van der Waals surface area contributed by atoms with Crippen molar-refractivity contribution in [1.29, 1.82) is 0 Å². The van der Waals surface area contributed by atoms with Crippen LogP contribution in [0.5, 0.6) is 0 Å². The summed E-state index contributed by atoms with van der Waals surface area (Å²) in [7, 11) is -2.28. The molecule has 3 rings (SSSR count). The molecule has 0 atom stereocenters. The van der Waals surface area contributed by atoms with Crippen LogP contribution >= 0.6 is 22.7 Å². The van der Waals surface area contributed by atoms with Gasteiger partial charge in [0.25, 0.3) is 5.91 Å². The molecule has 13 heteroatoms. The van der Waals surface area contributed by atoms with E-state index in [1.54, 1.807) is 17.5 Å². The Morgan fingerprint density at radius 2 is 1.96 bits per heavy atom. The Morgan fingerprint density at radius 1 is 1.25 bits per heavy atom. The molecule has 148 valence electrons. The zero-order chi connectivity index (χ0) is 20.3. The number of thiazole rings is 2. The number of nitrogens with two attached hydrogens (primary N) is 2. The van der Waals surface area contributed by atoms with Crippen molar-refractivity contribution in [2.24, 2.45) is 5.14 Å². The molecule has 0 aliphatic heterocycles. The van der Waals surface area contributed by atoms with E-state index in [4.69, 9.17) is 15.6 Å². The minimum Gasteiger partial charge on any atom is -0.382 e. The number of carbonyl (C=O) groups excluding carboxylic acids is 1. The van der Waals surface area contributed by atoms with Crippen molar-refractivity contribution in [2.45, 2.75) is 4.90 Å². The quantitative estimate of drug-likeness (QED) is 0.402. The first-order valence-electron chi connectivity index (χ1n) is 7.67. The van der Waals surface area contributed by atoms with E-state index < -0.39 is 10.0 Å². The van der Waals surface area contributed by atoms with Crippen LogP contribution < -0.4 is 21.5 Å². The summed E-state index contributed by atoms with van der Waals surface area (Å²) in [6.07, 6.45) is 0. The summed E-state index contributed by atoms with van der Waals surface area (Å²) in [5, 5.41) is 13.4. The molecule has 2 heterocycles. The zero-order valence-corrected chi connectivity index (χ0v) is 17.0. The molecule has 6 N–H and O–H groups in total. The van der Waals surface area contributed by atoms with Crippen LogP contribution in [0.2, 0.25) is 0 Å². The number of nitrogens with one attached hydrogen (secondary N) is 2. The van der Waals surface area contributed by atoms with E-state index in [2.05, 4.69) is 20.6 Å². The van der Waals surface area contributed by atoms with Crippen molar-refractivity contribution < 1.29 is 17.9 Å². The third-order valence-electron chi connectivity index (χ3n) is 3.40. The van der Waals surface area contributed by atoms with Gasteiger partial charge in [-0.1, -0.05) is 11.3 Å². The van der Waals surface area contributed by atoms with Crippen LogP contribution in [0.25, 0.3) is 9.88 Å². The van der Waals surface area contributed by atoms with Gasteiger partial charge in [0.1, 0.15) is 28.1 Å². The third-order valence-corrected chi connectivity index (χ3v) is 6.31. The number of ether oxygens (including phenoxy) is 1. The van der Waals surface area contributed by atoms with Crippen LogP contribution in [0.4, 0.5) is 16.6 Å². The Labute approximate surface area is 168 Å². The zero-order valence-electron chi connectivity index (χ0n) is 14.5. The van der Waals surface area contributed by atoms with Crippen molar-refractivity contribution in [3.8, 4) is 9.88 Å². The predicted molar refractivity (Wildman–Crippen MR) is 108 cm³/mol. The number of amides is 1. The van der Waals surface area contributed by atoms with Crippen LogP contribution in [0.1, 0.15) is 10.5 Å². The Hall–Kier alpha value is -2.58. The molecule has 0 saturated carbocycles. The lowest BCUT2D eigenvalue weighted by molar-refractivity contribution is 0.0868. The number of hydrogen-bond donors (Lipinski definition) is 4. The molecule has 0 aliphatic carbocycles. The van der Waals surface area contributed by atoms with E-state index in [1.165, 1.54) is 41.9 Å². The average molecular weight is 441 g/mol. The topological polar surface area (TPSA) is 162 Å². The van der Waals surface area contributed by atoms with Gasteiger partial charge in [-0.25, -0.2) is 23.5 Å². The summed E-state index contributed by atoms with van der Waals surface area (Å²) in [4.78, 5) is 21.1. The van der Waals surface area contributed by atoms with E-state index >= 15 is 0 Å². The Kier molecular flexibility index (Phi) is 5.90. The fourth-order valence-corrected chi connectivity index (χ4v) is 4.42. The lowest BCUT2D eigenvalue weighted by atomic mass is 10.3. The molecule has 0 bridgehead atoms. The number of primary sulfonamides is 1. The normalized spacial score (nSPS) is 11.4. The van der Waals surface area contributed by atoms with Crippen molar-refractivity contribution in [3.05, 3.63) is 35.3 Å². The Balaban J connectivity index is 1.76. The third kappa shape index (κ3) is 4.63. The standard InChI is InChI=1S/C15H16N6O4S3/c1-25-7-18-13(22)10-6-26-14(20-10)11-12(16)21-15(27-11)19-8-2-4-9(5-3-8)28(17,23)24/h2-6H,7,16H2,1H3,(H,18,22)(H,19,21)(H2,17,23,24). The molecule has 0 radical (unpaired) electrons. The van der Waals surface area contributed by atoms with E-state index in [-0.39, 0.29) is 29.0 Å². The summed E-state index contributed by atoms with van der Waals surface area (Å²) in [6, 6.07) is 5.92. The number of anilines is 3. The molecule has 0 saturated heterocycles. The second-order valence-electron chi connectivity index (χ2n) is 5.40. The van der Waals surface area contributed by atoms with Crippen LogP contribution in [0.3, 0.4) is 0 Å². The first-order chi connectivity index (χ1) is 13.3. The van der Waals surface area contributed by atoms with Crippen LogP contribution in [0.15, 0.2) is 34.5 Å². The van der Waals surface area contributed by atoms with Crippen molar-refractivity contribution in [2.75, 3.05) is 24.9 Å². The number of nitrogens with zero attached hydrogens (tertiary/aromatic N) is 2. The van der Waals surface area contributed by atoms with E-state index in [1.807, 2.05) is 0 Å². The number of rotatable bonds is 7. The fourth-order valence-electron chi connectivity index (χ4n) is 2.10. The smallest absolute Gasteiger partial charge is 0.272 e. The largest absolute Gasteiger partial charge is 0.382 e. The molecule has 10 nitrogen and oxygen atoms in total. The lowest BCUT2D eigenvalue weighted by Crippen LogP contribution is -2.25. The lowest BCUT2D eigenvalue weighted by Gasteiger charge is -2.03. The van der Waals surface area contributed by atoms with E-state index in [0.717, 1.165) is 0 Å². The molecule has 1 aromatic carbocycles. The maximum Gasteiger partial charge on any atom is 0.272 e. The number of methoxy groups -OCH3 is 1. The van der Waals surface area contributed by atoms with Gasteiger partial charge >= 0.3 is 0 Å². The maximum atomic E-state index is 11.9. The van der Waals surface area contributed by atoms with Gasteiger partial charge in [-0.2, -0.15) is 0 Å². The molecule has 2 aromatic heterocycles. The molecule has 3 aromatic rings. The average Bonchev–Trinajstić information content (AvgIpc) is 3.26. The number of sulfonamides is 1. The van der Waals surface area contributed by atoms with Gasteiger partial charge in [-0.3, -0.25) is 4.79 Å². The van der Waals surface area contributed by atoms with Crippen molar-refractivity contribution in [3.63, 3.8) is 0 Å². The van der Waals surface area contributed by atoms with Gasteiger partial charge < -0.3 is 21.1 Å². The summed E-state index contributed by atoms with van der Waals surface area (Å²) in [5.74, 6) is -0.0763. The van der Waals surface area contributed by atoms with Gasteiger partial charge in [0.15, 0.2) is 5.13 Å². The number of nitrogen functional groups attached to an aromatic ring is 1. The van der Waals surface area contributed by atoms with Crippen LogP contribution in [-0.2, 0) is 14.8 Å². The molecule has 1 amide bonds. The van der Waals surface area contributed by atoms with Crippen molar-refractivity contribution in [1.82, 2.24) is 15.3 Å². The van der Waals surface area contributed by atoms with E-state index in [0.29, 0.717) is 20.7 Å². The minimum absolute atomic E-state index is 0.0134. The van der Waals surface area contributed by atoms with Gasteiger partial charge in [-0.15, -0.1) is 11.3 Å². The Morgan fingerprint density at radius 3 is 2.61 bits per heavy atom. The fraction of sp³-hybridized carbons (Fsp3) is 0.133. The van der Waals surface area contributed by atoms with Gasteiger partial charge in [0.05, 0.1) is 4.90 Å². The van der Waals surface area contributed by atoms with Crippen LogP contribution in [-0.4, -0.2) is 38.1 Å². The molecule has 28 heavy (non-hydrogen) atoms. The highest BCUT2D eigenvalue weighted by atomic mass is 32.2. The number of hydrogen-bond acceptors (Lipinski definition) is 10. The number of benzene rings is 1. The monoisotopic (exact) mass is 440 g/mol. The predicted octanol–water partition coefficient (Wildman–Crippen LogP) is 1.57. The highest BCUT2D eigenvalue weighted by Crippen LogP contribution is 2.37. The molecule has 0 aliphatic rings. The molecular weight excluding hydrogens is 424 g/mol. The second-order valence-corrected chi connectivity index (χ2v) is 8.82. The van der Waals surface area contributed by atoms with Gasteiger partial charge in [-0.05, 0) is 24.3 Å². The summed E-state index contributed by atoms with van der Waals surface area (Å²) >= 11 is 2.53. The SMILES string of the molecule is COCNC(=O)c1csc(-c2sc(Nc3ccc(S(N)(=O)=O)cc3)nc2N)n1.